The van der Waals surface area contributed by atoms with Crippen molar-refractivity contribution >= 4 is 17.3 Å². The molecule has 0 aliphatic rings. The molecular formula is C12H15ClF3N. The molecule has 5 heteroatoms. The maximum Gasteiger partial charge on any atom is 0.416 e. The van der Waals surface area contributed by atoms with Crippen LogP contribution in [0.3, 0.4) is 0 Å². The van der Waals surface area contributed by atoms with Crippen molar-refractivity contribution in [2.45, 2.75) is 26.9 Å². The second-order valence-corrected chi connectivity index (χ2v) is 5.51. The summed E-state index contributed by atoms with van der Waals surface area (Å²) in [6.07, 6.45) is -4.35. The van der Waals surface area contributed by atoms with Gasteiger partial charge in [0, 0.05) is 6.54 Å². The zero-order chi connectivity index (χ0) is 13.3. The molecule has 17 heavy (non-hydrogen) atoms. The van der Waals surface area contributed by atoms with E-state index in [0.717, 1.165) is 12.1 Å². The van der Waals surface area contributed by atoms with E-state index in [-0.39, 0.29) is 10.4 Å². The number of hydrogen-bond acceptors (Lipinski definition) is 1. The number of hydrogen-bond donors (Lipinski definition) is 1. The molecule has 1 aromatic rings. The molecule has 0 amide bonds. The van der Waals surface area contributed by atoms with Gasteiger partial charge in [-0.15, -0.1) is 0 Å². The van der Waals surface area contributed by atoms with Gasteiger partial charge in [-0.2, -0.15) is 13.2 Å². The fourth-order valence-corrected chi connectivity index (χ4v) is 1.44. The van der Waals surface area contributed by atoms with E-state index in [1.165, 1.54) is 6.07 Å². The highest BCUT2D eigenvalue weighted by atomic mass is 35.5. The largest absolute Gasteiger partial charge is 0.416 e. The third-order valence-corrected chi connectivity index (χ3v) is 2.42. The fraction of sp³-hybridized carbons (Fsp3) is 0.500. The first-order chi connectivity index (χ1) is 7.59. The lowest BCUT2D eigenvalue weighted by molar-refractivity contribution is -0.137. The summed E-state index contributed by atoms with van der Waals surface area (Å²) in [6, 6.07) is 3.32. The van der Waals surface area contributed by atoms with Gasteiger partial charge in [0.05, 0.1) is 16.3 Å². The van der Waals surface area contributed by atoms with Gasteiger partial charge in [0.25, 0.3) is 0 Å². The van der Waals surface area contributed by atoms with Crippen LogP contribution >= 0.6 is 11.6 Å². The SMILES string of the molecule is CC(C)(C)CNc1ccc(C(F)(F)F)cc1Cl. The Hall–Kier alpha value is -0.900. The van der Waals surface area contributed by atoms with E-state index in [2.05, 4.69) is 5.32 Å². The summed E-state index contributed by atoms with van der Waals surface area (Å²) in [7, 11) is 0. The van der Waals surface area contributed by atoms with Gasteiger partial charge in [0.1, 0.15) is 0 Å². The Balaban J connectivity index is 2.84. The van der Waals surface area contributed by atoms with Gasteiger partial charge in [0.2, 0.25) is 0 Å². The summed E-state index contributed by atoms with van der Waals surface area (Å²) in [5.74, 6) is 0. The molecule has 0 saturated heterocycles. The minimum Gasteiger partial charge on any atom is -0.383 e. The van der Waals surface area contributed by atoms with Crippen LogP contribution in [0.5, 0.6) is 0 Å². The third kappa shape index (κ3) is 4.46. The number of halogens is 4. The summed E-state index contributed by atoms with van der Waals surface area (Å²) in [4.78, 5) is 0. The van der Waals surface area contributed by atoms with Crippen LogP contribution < -0.4 is 5.32 Å². The Morgan fingerprint density at radius 1 is 1.18 bits per heavy atom. The zero-order valence-electron chi connectivity index (χ0n) is 9.95. The molecular weight excluding hydrogens is 251 g/mol. The zero-order valence-corrected chi connectivity index (χ0v) is 10.7. The average molecular weight is 266 g/mol. The predicted octanol–water partition coefficient (Wildman–Crippen LogP) is 4.82. The molecule has 0 aromatic heterocycles. The summed E-state index contributed by atoms with van der Waals surface area (Å²) in [5, 5.41) is 3.12. The van der Waals surface area contributed by atoms with Crippen molar-refractivity contribution in [3.05, 3.63) is 28.8 Å². The van der Waals surface area contributed by atoms with Crippen LogP contribution in [-0.4, -0.2) is 6.54 Å². The lowest BCUT2D eigenvalue weighted by atomic mass is 9.97. The van der Waals surface area contributed by atoms with E-state index >= 15 is 0 Å². The number of benzene rings is 1. The van der Waals surface area contributed by atoms with E-state index < -0.39 is 11.7 Å². The number of alkyl halides is 3. The molecule has 0 saturated carbocycles. The van der Waals surface area contributed by atoms with Crippen molar-refractivity contribution in [1.82, 2.24) is 0 Å². The van der Waals surface area contributed by atoms with Gasteiger partial charge in [-0.05, 0) is 23.6 Å². The Labute approximate surface area is 104 Å². The molecule has 0 aliphatic carbocycles. The van der Waals surface area contributed by atoms with Crippen molar-refractivity contribution in [3.8, 4) is 0 Å². The molecule has 1 N–H and O–H groups in total. The lowest BCUT2D eigenvalue weighted by Crippen LogP contribution is -2.19. The summed E-state index contributed by atoms with van der Waals surface area (Å²) >= 11 is 5.80. The topological polar surface area (TPSA) is 12.0 Å². The monoisotopic (exact) mass is 265 g/mol. The van der Waals surface area contributed by atoms with E-state index in [0.29, 0.717) is 12.2 Å². The molecule has 0 aliphatic heterocycles. The van der Waals surface area contributed by atoms with Crippen LogP contribution in [-0.2, 0) is 6.18 Å². The highest BCUT2D eigenvalue weighted by molar-refractivity contribution is 6.33. The molecule has 0 unspecified atom stereocenters. The lowest BCUT2D eigenvalue weighted by Gasteiger charge is -2.20. The van der Waals surface area contributed by atoms with Crippen molar-refractivity contribution in [2.24, 2.45) is 5.41 Å². The first-order valence-corrected chi connectivity index (χ1v) is 5.58. The number of rotatable bonds is 2. The first kappa shape index (κ1) is 14.2. The fourth-order valence-electron chi connectivity index (χ4n) is 1.20. The van der Waals surface area contributed by atoms with Crippen molar-refractivity contribution < 1.29 is 13.2 Å². The smallest absolute Gasteiger partial charge is 0.383 e. The summed E-state index contributed by atoms with van der Waals surface area (Å²) in [6.45, 7) is 6.71. The van der Waals surface area contributed by atoms with Gasteiger partial charge in [-0.25, -0.2) is 0 Å². The molecule has 0 heterocycles. The van der Waals surface area contributed by atoms with E-state index in [1.54, 1.807) is 0 Å². The molecule has 1 aromatic carbocycles. The molecule has 0 bridgehead atoms. The second kappa shape index (κ2) is 4.77. The molecule has 0 fully saturated rings. The molecule has 0 radical (unpaired) electrons. The molecule has 1 rings (SSSR count). The van der Waals surface area contributed by atoms with Crippen molar-refractivity contribution in [3.63, 3.8) is 0 Å². The Morgan fingerprint density at radius 2 is 1.76 bits per heavy atom. The number of nitrogens with one attached hydrogen (secondary N) is 1. The van der Waals surface area contributed by atoms with E-state index in [9.17, 15) is 13.2 Å². The predicted molar refractivity (Wildman–Crippen MR) is 64.4 cm³/mol. The molecule has 1 nitrogen and oxygen atoms in total. The van der Waals surface area contributed by atoms with Gasteiger partial charge in [-0.1, -0.05) is 32.4 Å². The summed E-state index contributed by atoms with van der Waals surface area (Å²) < 4.78 is 37.2. The summed E-state index contributed by atoms with van der Waals surface area (Å²) in [5.41, 5.74) is -0.176. The Bertz CT molecular complexity index is 394. The van der Waals surface area contributed by atoms with E-state index in [1.807, 2.05) is 20.8 Å². The Kier molecular flexibility index (Phi) is 3.97. The van der Waals surface area contributed by atoms with Crippen LogP contribution in [0.1, 0.15) is 26.3 Å². The maximum absolute atomic E-state index is 12.4. The first-order valence-electron chi connectivity index (χ1n) is 5.20. The highest BCUT2D eigenvalue weighted by Crippen LogP contribution is 2.34. The van der Waals surface area contributed by atoms with Crippen LogP contribution in [0.2, 0.25) is 5.02 Å². The van der Waals surface area contributed by atoms with Crippen molar-refractivity contribution in [1.29, 1.82) is 0 Å². The molecule has 0 atom stereocenters. The quantitative estimate of drug-likeness (QED) is 0.809. The molecule has 96 valence electrons. The normalized spacial score (nSPS) is 12.6. The van der Waals surface area contributed by atoms with Gasteiger partial charge < -0.3 is 5.32 Å². The van der Waals surface area contributed by atoms with Crippen LogP contribution in [0.15, 0.2) is 18.2 Å². The van der Waals surface area contributed by atoms with Crippen LogP contribution in [0.25, 0.3) is 0 Å². The molecule has 0 spiro atoms. The van der Waals surface area contributed by atoms with Crippen molar-refractivity contribution in [2.75, 3.05) is 11.9 Å². The standard InChI is InChI=1S/C12H15ClF3N/c1-11(2,3)7-17-10-5-4-8(6-9(10)13)12(14,15)16/h4-6,17H,7H2,1-3H3. The van der Waals surface area contributed by atoms with Gasteiger partial charge in [-0.3, -0.25) is 0 Å². The number of anilines is 1. The minimum atomic E-state index is -4.35. The van der Waals surface area contributed by atoms with E-state index in [4.69, 9.17) is 11.6 Å². The third-order valence-electron chi connectivity index (χ3n) is 2.11. The van der Waals surface area contributed by atoms with Crippen LogP contribution in [0, 0.1) is 5.41 Å². The highest BCUT2D eigenvalue weighted by Gasteiger charge is 2.30. The van der Waals surface area contributed by atoms with Crippen LogP contribution in [0.4, 0.5) is 18.9 Å². The average Bonchev–Trinajstić information content (AvgIpc) is 2.12. The minimum absolute atomic E-state index is 0.0338. The van der Waals surface area contributed by atoms with Gasteiger partial charge >= 0.3 is 6.18 Å². The maximum atomic E-state index is 12.4. The Morgan fingerprint density at radius 3 is 2.18 bits per heavy atom. The second-order valence-electron chi connectivity index (χ2n) is 5.11. The van der Waals surface area contributed by atoms with Gasteiger partial charge in [0.15, 0.2) is 0 Å².